The minimum Gasteiger partial charge on any atom is -0.453 e. The van der Waals surface area contributed by atoms with Crippen molar-refractivity contribution in [1.29, 1.82) is 0 Å². The van der Waals surface area contributed by atoms with Crippen LogP contribution in [0.1, 0.15) is 71.6 Å². The topological polar surface area (TPSA) is 55.8 Å². The molecule has 4 aromatic rings. The molecule has 1 aliphatic heterocycles. The number of cyclic esters (lactones) is 1. The summed E-state index contributed by atoms with van der Waals surface area (Å²) in [7, 11) is 0. The largest absolute Gasteiger partial charge is 0.453 e. The smallest absolute Gasteiger partial charge is 0.411 e. The van der Waals surface area contributed by atoms with Gasteiger partial charge in [-0.3, -0.25) is 4.90 Å². The minimum absolute atomic E-state index is 0.118. The van der Waals surface area contributed by atoms with Crippen LogP contribution in [0, 0.1) is 0 Å². The van der Waals surface area contributed by atoms with E-state index in [1.165, 1.54) is 31.2 Å². The molecule has 0 spiro atoms. The zero-order valence-corrected chi connectivity index (χ0v) is 23.1. The SMILES string of the molecule is O=C1OC(c2ccccc2)C(c2ccccc2)N(C(=O)OCc2ccccc2)C1Cc1cccc(C2CCCC2)c1. The number of hydrogen-bond donors (Lipinski definition) is 0. The molecule has 3 atom stereocenters. The molecule has 5 heteroatoms. The number of esters is 1. The number of carbonyl (C=O) groups excluding carboxylic acids is 2. The molecule has 2 aliphatic rings. The Hall–Kier alpha value is -4.38. The van der Waals surface area contributed by atoms with Crippen LogP contribution in [0.2, 0.25) is 0 Å². The number of amides is 1. The van der Waals surface area contributed by atoms with Crippen LogP contribution in [-0.2, 0) is 27.3 Å². The Morgan fingerprint density at radius 2 is 1.32 bits per heavy atom. The van der Waals surface area contributed by atoms with Crippen molar-refractivity contribution < 1.29 is 19.1 Å². The molecule has 208 valence electrons. The number of rotatable bonds is 7. The summed E-state index contributed by atoms with van der Waals surface area (Å²) in [6.45, 7) is 0.118. The number of morpholine rings is 1. The summed E-state index contributed by atoms with van der Waals surface area (Å²) >= 11 is 0. The van der Waals surface area contributed by atoms with Crippen LogP contribution in [-0.4, -0.2) is 23.0 Å². The van der Waals surface area contributed by atoms with Gasteiger partial charge in [0, 0.05) is 6.42 Å². The lowest BCUT2D eigenvalue weighted by Gasteiger charge is -2.44. The van der Waals surface area contributed by atoms with E-state index in [4.69, 9.17) is 9.47 Å². The lowest BCUT2D eigenvalue weighted by atomic mass is 9.89. The molecule has 5 nitrogen and oxygen atoms in total. The third-order valence-corrected chi connectivity index (χ3v) is 8.33. The van der Waals surface area contributed by atoms with Crippen LogP contribution in [0.25, 0.3) is 0 Å². The van der Waals surface area contributed by atoms with Crippen LogP contribution >= 0.6 is 0 Å². The molecule has 1 heterocycles. The van der Waals surface area contributed by atoms with Gasteiger partial charge in [-0.25, -0.2) is 9.59 Å². The van der Waals surface area contributed by atoms with Gasteiger partial charge >= 0.3 is 12.1 Å². The molecule has 41 heavy (non-hydrogen) atoms. The van der Waals surface area contributed by atoms with Gasteiger partial charge in [-0.15, -0.1) is 0 Å². The van der Waals surface area contributed by atoms with Crippen LogP contribution in [0.5, 0.6) is 0 Å². The summed E-state index contributed by atoms with van der Waals surface area (Å²) in [6.07, 6.45) is 4.05. The fourth-order valence-corrected chi connectivity index (χ4v) is 6.27. The Kier molecular flexibility index (Phi) is 8.13. The number of nitrogens with zero attached hydrogens (tertiary/aromatic N) is 1. The van der Waals surface area contributed by atoms with E-state index in [1.807, 2.05) is 97.1 Å². The molecule has 3 unspecified atom stereocenters. The van der Waals surface area contributed by atoms with Crippen molar-refractivity contribution in [1.82, 2.24) is 4.90 Å². The number of ether oxygens (including phenoxy) is 2. The molecule has 0 N–H and O–H groups in total. The molecule has 6 rings (SSSR count). The molecule has 0 bridgehead atoms. The van der Waals surface area contributed by atoms with Crippen molar-refractivity contribution in [2.24, 2.45) is 0 Å². The molecule has 1 saturated heterocycles. The van der Waals surface area contributed by atoms with Gasteiger partial charge < -0.3 is 9.47 Å². The van der Waals surface area contributed by atoms with Crippen LogP contribution in [0.3, 0.4) is 0 Å². The second-order valence-electron chi connectivity index (χ2n) is 11.0. The van der Waals surface area contributed by atoms with Gasteiger partial charge in [-0.05, 0) is 46.6 Å². The predicted molar refractivity (Wildman–Crippen MR) is 158 cm³/mol. The normalized spacial score (nSPS) is 20.9. The lowest BCUT2D eigenvalue weighted by molar-refractivity contribution is -0.173. The second-order valence-corrected chi connectivity index (χ2v) is 11.0. The van der Waals surface area contributed by atoms with Crippen LogP contribution in [0.15, 0.2) is 115 Å². The van der Waals surface area contributed by atoms with Gasteiger partial charge in [0.2, 0.25) is 0 Å². The van der Waals surface area contributed by atoms with Crippen molar-refractivity contribution in [2.45, 2.75) is 62.8 Å². The van der Waals surface area contributed by atoms with Gasteiger partial charge in [0.15, 0.2) is 6.10 Å². The van der Waals surface area contributed by atoms with E-state index in [9.17, 15) is 9.59 Å². The first kappa shape index (κ1) is 26.8. The molecule has 4 aromatic carbocycles. The summed E-state index contributed by atoms with van der Waals surface area (Å²) in [4.78, 5) is 29.5. The third-order valence-electron chi connectivity index (χ3n) is 8.33. The highest BCUT2D eigenvalue weighted by atomic mass is 16.6. The van der Waals surface area contributed by atoms with E-state index in [2.05, 4.69) is 18.2 Å². The maximum Gasteiger partial charge on any atom is 0.411 e. The van der Waals surface area contributed by atoms with E-state index >= 15 is 0 Å². The number of benzene rings is 4. The highest BCUT2D eigenvalue weighted by molar-refractivity contribution is 5.84. The first-order valence-corrected chi connectivity index (χ1v) is 14.6. The van der Waals surface area contributed by atoms with Gasteiger partial charge in [0.05, 0.1) is 0 Å². The van der Waals surface area contributed by atoms with E-state index in [0.717, 1.165) is 22.3 Å². The van der Waals surface area contributed by atoms with Crippen molar-refractivity contribution in [3.63, 3.8) is 0 Å². The zero-order chi connectivity index (χ0) is 28.0. The first-order valence-electron chi connectivity index (χ1n) is 14.6. The fraction of sp³-hybridized carbons (Fsp3) is 0.278. The van der Waals surface area contributed by atoms with Crippen molar-refractivity contribution in [3.8, 4) is 0 Å². The molecule has 1 saturated carbocycles. The lowest BCUT2D eigenvalue weighted by Crippen LogP contribution is -2.55. The maximum absolute atomic E-state index is 14.1. The van der Waals surface area contributed by atoms with Gasteiger partial charge in [0.25, 0.3) is 0 Å². The Balaban J connectivity index is 1.38. The Morgan fingerprint density at radius 1 is 0.732 bits per heavy atom. The van der Waals surface area contributed by atoms with Gasteiger partial charge in [0.1, 0.15) is 18.7 Å². The average molecular weight is 546 g/mol. The van der Waals surface area contributed by atoms with E-state index in [0.29, 0.717) is 12.3 Å². The number of hydrogen-bond acceptors (Lipinski definition) is 4. The van der Waals surface area contributed by atoms with Gasteiger partial charge in [-0.1, -0.05) is 128 Å². The van der Waals surface area contributed by atoms with Gasteiger partial charge in [-0.2, -0.15) is 0 Å². The predicted octanol–water partition coefficient (Wildman–Crippen LogP) is 7.93. The summed E-state index contributed by atoms with van der Waals surface area (Å²) in [5.74, 6) is 0.133. The van der Waals surface area contributed by atoms with Crippen LogP contribution < -0.4 is 0 Å². The molecule has 0 radical (unpaired) electrons. The molecular weight excluding hydrogens is 510 g/mol. The monoisotopic (exact) mass is 545 g/mol. The summed E-state index contributed by atoms with van der Waals surface area (Å²) in [5, 5.41) is 0. The average Bonchev–Trinajstić information content (AvgIpc) is 3.57. The highest BCUT2D eigenvalue weighted by Crippen LogP contribution is 2.43. The summed E-state index contributed by atoms with van der Waals surface area (Å²) in [5.41, 5.74) is 4.93. The van der Waals surface area contributed by atoms with E-state index in [-0.39, 0.29) is 6.61 Å². The fourth-order valence-electron chi connectivity index (χ4n) is 6.27. The van der Waals surface area contributed by atoms with E-state index in [1.54, 1.807) is 4.90 Å². The van der Waals surface area contributed by atoms with E-state index < -0.39 is 30.3 Å². The number of carbonyl (C=O) groups is 2. The molecule has 1 amide bonds. The molecule has 1 aliphatic carbocycles. The Labute approximate surface area is 241 Å². The molecule has 0 aromatic heterocycles. The first-order chi connectivity index (χ1) is 20.2. The molecular formula is C36H35NO4. The quantitative estimate of drug-likeness (QED) is 0.221. The van der Waals surface area contributed by atoms with Crippen molar-refractivity contribution in [2.75, 3.05) is 0 Å². The zero-order valence-electron chi connectivity index (χ0n) is 23.1. The van der Waals surface area contributed by atoms with Crippen molar-refractivity contribution >= 4 is 12.1 Å². The maximum atomic E-state index is 14.1. The Bertz CT molecular complexity index is 1450. The Morgan fingerprint density at radius 3 is 2.00 bits per heavy atom. The third kappa shape index (κ3) is 6.04. The highest BCUT2D eigenvalue weighted by Gasteiger charge is 2.48. The second kappa shape index (κ2) is 12.4. The standard InChI is InChI=1S/C36H35NO4/c38-35-32(24-27-15-12-22-31(23-27)28-16-10-11-17-28)37(36(39)40-25-26-13-4-1-5-14-26)33(29-18-6-2-7-19-29)34(41-35)30-20-8-3-9-21-30/h1-9,12-15,18-23,28,32-34H,10-11,16-17,24-25H2. The minimum atomic E-state index is -0.831. The summed E-state index contributed by atoms with van der Waals surface area (Å²) < 4.78 is 12.1. The summed E-state index contributed by atoms with van der Waals surface area (Å²) in [6, 6.07) is 36.2. The molecule has 2 fully saturated rings. The van der Waals surface area contributed by atoms with Crippen LogP contribution in [0.4, 0.5) is 4.79 Å². The van der Waals surface area contributed by atoms with Crippen molar-refractivity contribution in [3.05, 3.63) is 143 Å².